The lowest BCUT2D eigenvalue weighted by Crippen LogP contribution is -2.10. The van der Waals surface area contributed by atoms with Gasteiger partial charge in [0.1, 0.15) is 16.4 Å². The van der Waals surface area contributed by atoms with Gasteiger partial charge in [-0.05, 0) is 24.3 Å². The molecule has 0 fully saturated rings. The number of rotatable bonds is 5. The third-order valence-electron chi connectivity index (χ3n) is 3.70. The normalized spacial score (nSPS) is 11.1. The largest absolute Gasteiger partial charge is 0.463 e. The highest BCUT2D eigenvalue weighted by Gasteiger charge is 2.13. The van der Waals surface area contributed by atoms with Gasteiger partial charge in [0, 0.05) is 11.8 Å². The average molecular weight is 381 g/mol. The summed E-state index contributed by atoms with van der Waals surface area (Å²) in [4.78, 5) is 11.5. The van der Waals surface area contributed by atoms with Crippen LogP contribution in [0.15, 0.2) is 75.4 Å². The fraction of sp³-hybridized carbons (Fsp3) is 0. The molecule has 3 aromatic heterocycles. The number of aromatic amines is 1. The molecule has 0 atom stereocenters. The van der Waals surface area contributed by atoms with Crippen LogP contribution < -0.4 is 11.0 Å². The number of furan rings is 1. The van der Waals surface area contributed by atoms with E-state index in [2.05, 4.69) is 25.8 Å². The van der Waals surface area contributed by atoms with Crippen molar-refractivity contribution in [3.05, 3.63) is 82.1 Å². The van der Waals surface area contributed by atoms with Gasteiger partial charge in [0.05, 0.1) is 24.4 Å². The third-order valence-corrected chi connectivity index (χ3v) is 4.08. The van der Waals surface area contributed by atoms with Crippen molar-refractivity contribution in [2.45, 2.75) is 0 Å². The van der Waals surface area contributed by atoms with Crippen molar-refractivity contribution in [2.75, 3.05) is 5.43 Å². The molecule has 4 aromatic rings. The van der Waals surface area contributed by atoms with Crippen LogP contribution in [0.25, 0.3) is 17.1 Å². The number of hydrazone groups is 1. The Hall–Kier alpha value is -3.65. The van der Waals surface area contributed by atoms with Crippen molar-refractivity contribution in [2.24, 2.45) is 5.10 Å². The van der Waals surface area contributed by atoms with Crippen LogP contribution >= 0.6 is 11.6 Å². The highest BCUT2D eigenvalue weighted by molar-refractivity contribution is 6.32. The second-order valence-electron chi connectivity index (χ2n) is 5.49. The van der Waals surface area contributed by atoms with Crippen LogP contribution in [-0.2, 0) is 0 Å². The molecule has 9 heteroatoms. The number of H-pyrrole nitrogens is 1. The predicted molar refractivity (Wildman–Crippen MR) is 102 cm³/mol. The number of hydrogen-bond acceptors (Lipinski definition) is 6. The maximum atomic E-state index is 11.5. The Kier molecular flexibility index (Phi) is 4.54. The van der Waals surface area contributed by atoms with E-state index in [-0.39, 0.29) is 5.02 Å². The Labute approximate surface area is 158 Å². The maximum absolute atomic E-state index is 11.5. The summed E-state index contributed by atoms with van der Waals surface area (Å²) in [6.45, 7) is 0. The van der Waals surface area contributed by atoms with Crippen LogP contribution in [0, 0.1) is 0 Å². The first-order valence-corrected chi connectivity index (χ1v) is 8.31. The van der Waals surface area contributed by atoms with Gasteiger partial charge < -0.3 is 4.42 Å². The Balaban J connectivity index is 1.68. The highest BCUT2D eigenvalue weighted by Crippen LogP contribution is 2.23. The van der Waals surface area contributed by atoms with Gasteiger partial charge >= 0.3 is 0 Å². The molecule has 0 saturated carbocycles. The first-order valence-electron chi connectivity index (χ1n) is 7.93. The Morgan fingerprint density at radius 3 is 2.85 bits per heavy atom. The fourth-order valence-electron chi connectivity index (χ4n) is 2.43. The van der Waals surface area contributed by atoms with Gasteiger partial charge in [-0.2, -0.15) is 15.3 Å². The Morgan fingerprint density at radius 2 is 2.07 bits per heavy atom. The smallest absolute Gasteiger partial charge is 0.285 e. The van der Waals surface area contributed by atoms with Crippen LogP contribution in [0.2, 0.25) is 5.02 Å². The average Bonchev–Trinajstić information content (AvgIpc) is 3.35. The summed E-state index contributed by atoms with van der Waals surface area (Å²) in [7, 11) is 0. The molecular weight excluding hydrogens is 368 g/mol. The second-order valence-corrected chi connectivity index (χ2v) is 5.87. The van der Waals surface area contributed by atoms with Gasteiger partial charge in [0.25, 0.3) is 5.56 Å². The number of nitrogens with zero attached hydrogens (tertiary/aromatic N) is 4. The van der Waals surface area contributed by atoms with Crippen molar-refractivity contribution >= 4 is 23.5 Å². The zero-order chi connectivity index (χ0) is 18.6. The van der Waals surface area contributed by atoms with Crippen LogP contribution in [0.4, 0.5) is 5.69 Å². The molecule has 27 heavy (non-hydrogen) atoms. The maximum Gasteiger partial charge on any atom is 0.285 e. The molecule has 4 rings (SSSR count). The lowest BCUT2D eigenvalue weighted by Gasteiger charge is -2.00. The number of nitrogens with one attached hydrogen (secondary N) is 2. The van der Waals surface area contributed by atoms with Gasteiger partial charge in [-0.1, -0.05) is 29.8 Å². The zero-order valence-electron chi connectivity index (χ0n) is 13.8. The van der Waals surface area contributed by atoms with Crippen LogP contribution in [0.1, 0.15) is 5.56 Å². The predicted octanol–water partition coefficient (Wildman–Crippen LogP) is 3.32. The molecule has 0 radical (unpaired) electrons. The van der Waals surface area contributed by atoms with Gasteiger partial charge in [-0.15, -0.1) is 0 Å². The molecule has 2 N–H and O–H groups in total. The van der Waals surface area contributed by atoms with E-state index < -0.39 is 5.56 Å². The van der Waals surface area contributed by atoms with Crippen molar-refractivity contribution < 1.29 is 4.42 Å². The van der Waals surface area contributed by atoms with E-state index in [0.29, 0.717) is 17.1 Å². The molecule has 0 spiro atoms. The van der Waals surface area contributed by atoms with Crippen LogP contribution in [0.3, 0.4) is 0 Å². The molecule has 0 aliphatic carbocycles. The van der Waals surface area contributed by atoms with E-state index in [9.17, 15) is 4.79 Å². The topological polar surface area (TPSA) is 101 Å². The summed E-state index contributed by atoms with van der Waals surface area (Å²) in [6.07, 6.45) is 6.36. The fourth-order valence-corrected chi connectivity index (χ4v) is 2.57. The number of hydrogen-bond donors (Lipinski definition) is 2. The Morgan fingerprint density at radius 1 is 1.22 bits per heavy atom. The molecule has 3 heterocycles. The van der Waals surface area contributed by atoms with Crippen molar-refractivity contribution in [1.82, 2.24) is 20.0 Å². The van der Waals surface area contributed by atoms with Crippen molar-refractivity contribution in [3.8, 4) is 17.1 Å². The summed E-state index contributed by atoms with van der Waals surface area (Å²) in [5.74, 6) is 0.613. The molecule has 0 saturated heterocycles. The van der Waals surface area contributed by atoms with E-state index >= 15 is 0 Å². The Bertz CT molecular complexity index is 1130. The van der Waals surface area contributed by atoms with Gasteiger partial charge in [-0.25, -0.2) is 9.78 Å². The number of aromatic nitrogens is 4. The second kappa shape index (κ2) is 7.30. The standard InChI is InChI=1S/C18H13ClN6O2/c19-16-14(10-21-23-18(16)26)22-20-9-12-11-25(13-5-2-1-3-6-13)24-17(12)15-7-4-8-27-15/h1-11H,(H2,22,23,26)/b20-9-. The quantitative estimate of drug-likeness (QED) is 0.408. The molecule has 0 bridgehead atoms. The lowest BCUT2D eigenvalue weighted by atomic mass is 10.2. The minimum absolute atomic E-state index is 0.0200. The molecule has 0 aliphatic heterocycles. The minimum atomic E-state index is -0.495. The summed E-state index contributed by atoms with van der Waals surface area (Å²) >= 11 is 5.92. The van der Waals surface area contributed by atoms with E-state index in [1.165, 1.54) is 6.20 Å². The summed E-state index contributed by atoms with van der Waals surface area (Å²) < 4.78 is 7.21. The molecule has 1 aromatic carbocycles. The van der Waals surface area contributed by atoms with Gasteiger partial charge in [-0.3, -0.25) is 10.2 Å². The molecule has 8 nitrogen and oxygen atoms in total. The van der Waals surface area contributed by atoms with Crippen LogP contribution in [-0.4, -0.2) is 26.2 Å². The van der Waals surface area contributed by atoms with E-state index in [1.54, 1.807) is 23.2 Å². The third kappa shape index (κ3) is 3.51. The van der Waals surface area contributed by atoms with E-state index in [4.69, 9.17) is 16.0 Å². The SMILES string of the molecule is O=c1[nH]ncc(N/N=C\c2cn(-c3ccccc3)nc2-c2ccco2)c1Cl. The first kappa shape index (κ1) is 16.8. The number of benzene rings is 1. The monoisotopic (exact) mass is 380 g/mol. The highest BCUT2D eigenvalue weighted by atomic mass is 35.5. The number of anilines is 1. The van der Waals surface area contributed by atoms with Crippen molar-refractivity contribution in [1.29, 1.82) is 0 Å². The molecule has 0 unspecified atom stereocenters. The summed E-state index contributed by atoms with van der Waals surface area (Å²) in [5.41, 5.74) is 4.76. The molecule has 134 valence electrons. The van der Waals surface area contributed by atoms with Gasteiger partial charge in [0.15, 0.2) is 5.76 Å². The molecular formula is C18H13ClN6O2. The zero-order valence-corrected chi connectivity index (χ0v) is 14.6. The summed E-state index contributed by atoms with van der Waals surface area (Å²) in [6, 6.07) is 13.3. The number of para-hydroxylation sites is 1. The minimum Gasteiger partial charge on any atom is -0.463 e. The van der Waals surface area contributed by atoms with E-state index in [1.807, 2.05) is 42.6 Å². The van der Waals surface area contributed by atoms with Gasteiger partial charge in [0.2, 0.25) is 0 Å². The number of halogens is 1. The first-order chi connectivity index (χ1) is 13.2. The summed E-state index contributed by atoms with van der Waals surface area (Å²) in [5, 5.41) is 14.6. The lowest BCUT2D eigenvalue weighted by molar-refractivity contribution is 0.579. The molecule has 0 amide bonds. The molecule has 0 aliphatic rings. The van der Waals surface area contributed by atoms with Crippen LogP contribution in [0.5, 0.6) is 0 Å². The van der Waals surface area contributed by atoms with E-state index in [0.717, 1.165) is 11.3 Å². The van der Waals surface area contributed by atoms with Crippen molar-refractivity contribution in [3.63, 3.8) is 0 Å².